The van der Waals surface area contributed by atoms with Gasteiger partial charge < -0.3 is 4.90 Å². The third kappa shape index (κ3) is 13.8. The van der Waals surface area contributed by atoms with Crippen LogP contribution in [0.5, 0.6) is 0 Å². The minimum atomic E-state index is -0.848. The Morgan fingerprint density at radius 1 is 0.321 bits per heavy atom. The monoisotopic (exact) mass is 1140 g/mol. The lowest BCUT2D eigenvalue weighted by atomic mass is 9.82. The minimum absolute atomic E-state index is 0.520. The fourth-order valence-electron chi connectivity index (χ4n) is 11.1. The summed E-state index contributed by atoms with van der Waals surface area (Å²) in [5.74, 6) is 0. The van der Waals surface area contributed by atoms with E-state index in [9.17, 15) is 0 Å². The first-order valence-corrected chi connectivity index (χ1v) is 35.0. The molecule has 0 aliphatic carbocycles. The third-order valence-electron chi connectivity index (χ3n) is 15.2. The van der Waals surface area contributed by atoms with Gasteiger partial charge in [0.25, 0.3) is 0 Å². The van der Waals surface area contributed by atoms with Gasteiger partial charge in [-0.3, -0.25) is 0 Å². The van der Waals surface area contributed by atoms with Gasteiger partial charge in [0, 0.05) is 17.1 Å². The zero-order valence-electron chi connectivity index (χ0n) is 51.9. The average molecular weight is 1140 g/mol. The molecule has 84 heavy (non-hydrogen) atoms. The van der Waals surface area contributed by atoms with Gasteiger partial charge in [-0.1, -0.05) is 238 Å². The van der Waals surface area contributed by atoms with E-state index in [2.05, 4.69) is 315 Å². The summed E-state index contributed by atoms with van der Waals surface area (Å²) >= 11 is 0. The first-order valence-electron chi connectivity index (χ1n) is 29.2. The predicted octanol–water partition coefficient (Wildman–Crippen LogP) is 22.4. The minimum Gasteiger partial charge on any atom is -0.310 e. The summed E-state index contributed by atoms with van der Waals surface area (Å²) in [5.41, 5.74) is 19.0. The molecule has 0 aromatic heterocycles. The highest BCUT2D eigenvalue weighted by Gasteiger charge is 2.21. The number of para-hydroxylation sites is 1. The van der Waals surface area contributed by atoms with E-state index in [0.29, 0.717) is 0 Å². The molecule has 0 saturated carbocycles. The van der Waals surface area contributed by atoms with Gasteiger partial charge in [0.15, 0.2) is 0 Å². The van der Waals surface area contributed by atoms with E-state index >= 15 is 0 Å². The molecule has 11 aromatic rings. The molecule has 0 amide bonds. The van der Waals surface area contributed by atoms with Gasteiger partial charge in [-0.2, -0.15) is 0 Å². The zero-order chi connectivity index (χ0) is 60.1. The smallest absolute Gasteiger partial charge is 0.0467 e. The summed E-state index contributed by atoms with van der Waals surface area (Å²) in [7, 11) is -1.37. The lowest BCUT2D eigenvalue weighted by Gasteiger charge is -2.29. The second-order valence-electron chi connectivity index (χ2n) is 22.5. The van der Waals surface area contributed by atoms with E-state index in [1.807, 2.05) is 44.2 Å². The molecule has 0 atom stereocenters. The first-order chi connectivity index (χ1) is 40.5. The van der Waals surface area contributed by atoms with Crippen LogP contribution < -0.4 is 15.3 Å². The second-order valence-corrected chi connectivity index (χ2v) is 30.8. The van der Waals surface area contributed by atoms with Crippen molar-refractivity contribution in [3.8, 4) is 44.5 Å². The second kappa shape index (κ2) is 27.8. The van der Waals surface area contributed by atoms with Gasteiger partial charge >= 0.3 is 0 Å². The molecule has 0 fully saturated rings. The summed E-state index contributed by atoms with van der Waals surface area (Å²) in [6.45, 7) is 23.4. The highest BCUT2D eigenvalue weighted by atomic mass is 32.3. The Morgan fingerprint density at radius 2 is 0.667 bits per heavy atom. The van der Waals surface area contributed by atoms with Crippen LogP contribution in [0.15, 0.2) is 253 Å². The van der Waals surface area contributed by atoms with Crippen LogP contribution in [0.2, 0.25) is 0 Å². The van der Waals surface area contributed by atoms with Crippen LogP contribution in [-0.4, -0.2) is 37.5 Å². The van der Waals surface area contributed by atoms with Crippen molar-refractivity contribution in [1.29, 1.82) is 0 Å². The topological polar surface area (TPSA) is 3.24 Å². The van der Waals surface area contributed by atoms with Crippen molar-refractivity contribution in [1.82, 2.24) is 0 Å². The molecule has 0 aliphatic heterocycles. The molecule has 426 valence electrons. The molecule has 0 aliphatic rings. The Hall–Kier alpha value is -8.34. The predicted molar refractivity (Wildman–Crippen MR) is 383 cm³/mol. The molecule has 0 N–H and O–H groups in total. The van der Waals surface area contributed by atoms with Crippen molar-refractivity contribution in [3.63, 3.8) is 0 Å². The molecule has 0 bridgehead atoms. The van der Waals surface area contributed by atoms with Crippen molar-refractivity contribution < 1.29 is 0 Å². The van der Waals surface area contributed by atoms with Gasteiger partial charge in [-0.15, -0.1) is 0 Å². The molecule has 11 aromatic carbocycles. The summed E-state index contributed by atoms with van der Waals surface area (Å²) in [5, 5.41) is 7.30. The Morgan fingerprint density at radius 3 is 1.10 bits per heavy atom. The molecular weight excluding hydrogens is 1050 g/mol. The lowest BCUT2D eigenvalue weighted by molar-refractivity contribution is 1.27. The fraction of sp³-hybridized carbons (Fsp3) is 0.160. The van der Waals surface area contributed by atoms with Crippen molar-refractivity contribution in [2.45, 2.75) is 58.3 Å². The Balaban J connectivity index is 0.000000390. The van der Waals surface area contributed by atoms with E-state index < -0.39 is 20.1 Å². The number of aryl methyl sites for hydroxylation is 3. The van der Waals surface area contributed by atoms with E-state index in [1.165, 1.54) is 97.4 Å². The normalized spacial score (nSPS) is 12.0. The number of anilines is 3. The van der Waals surface area contributed by atoms with Crippen molar-refractivity contribution in [2.24, 2.45) is 0 Å². The van der Waals surface area contributed by atoms with Crippen molar-refractivity contribution in [3.05, 3.63) is 282 Å². The maximum absolute atomic E-state index is 4.36. The van der Waals surface area contributed by atoms with Gasteiger partial charge in [0.1, 0.15) is 0 Å². The summed E-state index contributed by atoms with van der Waals surface area (Å²) in [6, 6.07) is 83.7. The maximum Gasteiger partial charge on any atom is 0.0467 e. The van der Waals surface area contributed by atoms with Crippen LogP contribution in [0.1, 0.15) is 55.5 Å². The number of fused-ring (bicyclic) bond motifs is 2. The van der Waals surface area contributed by atoms with E-state index in [4.69, 9.17) is 0 Å². The summed E-state index contributed by atoms with van der Waals surface area (Å²) in [6.07, 6.45) is 22.6. The van der Waals surface area contributed by atoms with Crippen molar-refractivity contribution >= 4 is 83.0 Å². The standard InChI is InChI=1S/C62H55NS.C10H16S.C7H8.C2H6/c1-9-51-53(11-3)61(45-23-20-22-42(5)40-45)57-30-18-16-28-55(57)59(51)43-32-34-44(35-33-43)60-52(10-2)54(12-4)62(58-31-19-17-29-56(58)60)46-24-21-27-49(41-46)63(47-25-14-13-15-26-47)48-36-38-50(39-37-48)64(6,7)8;1-9-5-7-10(8-6-9)11(2,3)4;1-7-5-3-2-4-6-7;1-2/h9-41H,1,3H2,2,4-8H3;5-8H,1-4H3;2-6H,1H3;1-2H3/b52-10+,54-12+;;;. The summed E-state index contributed by atoms with van der Waals surface area (Å²) < 4.78 is 0. The molecule has 11 rings (SSSR count). The number of nitrogens with zero attached hydrogens (tertiary/aromatic N) is 1. The van der Waals surface area contributed by atoms with Gasteiger partial charge in [-0.05, 0) is 230 Å². The van der Waals surface area contributed by atoms with Crippen LogP contribution in [0, 0.1) is 20.8 Å². The van der Waals surface area contributed by atoms with Crippen LogP contribution in [0.4, 0.5) is 17.1 Å². The fourth-order valence-corrected chi connectivity index (χ4v) is 13.0. The van der Waals surface area contributed by atoms with Crippen LogP contribution in [0.3, 0.4) is 0 Å². The van der Waals surface area contributed by atoms with Gasteiger partial charge in [0.2, 0.25) is 0 Å². The Kier molecular flexibility index (Phi) is 20.4. The third-order valence-corrected chi connectivity index (χ3v) is 18.6. The molecule has 3 heteroatoms. The van der Waals surface area contributed by atoms with Crippen LogP contribution >= 0.6 is 20.1 Å². The van der Waals surface area contributed by atoms with E-state index in [-0.39, 0.29) is 0 Å². The van der Waals surface area contributed by atoms with Gasteiger partial charge in [-0.25, -0.2) is 20.1 Å². The van der Waals surface area contributed by atoms with Crippen LogP contribution in [-0.2, 0) is 0 Å². The summed E-state index contributed by atoms with van der Waals surface area (Å²) in [4.78, 5) is 5.26. The lowest BCUT2D eigenvalue weighted by Crippen LogP contribution is -2.29. The highest BCUT2D eigenvalue weighted by molar-refractivity contribution is 8.32. The number of rotatable bonds is 11. The average Bonchev–Trinajstić information content (AvgIpc) is 1.71. The molecule has 0 radical (unpaired) electrons. The molecule has 0 heterocycles. The van der Waals surface area contributed by atoms with Crippen molar-refractivity contribution in [2.75, 3.05) is 42.4 Å². The largest absolute Gasteiger partial charge is 0.310 e. The van der Waals surface area contributed by atoms with Crippen LogP contribution in [0.25, 0.3) is 90.4 Å². The van der Waals surface area contributed by atoms with E-state index in [0.717, 1.165) is 33.8 Å². The Labute approximate surface area is 506 Å². The molecular formula is C81H85NS2. The molecule has 0 spiro atoms. The molecule has 0 saturated heterocycles. The first kappa shape index (κ1) is 61.7. The van der Waals surface area contributed by atoms with Gasteiger partial charge in [0.05, 0.1) is 0 Å². The van der Waals surface area contributed by atoms with E-state index in [1.54, 1.807) is 0 Å². The molecule has 0 unspecified atom stereocenters. The maximum atomic E-state index is 4.36. The quantitative estimate of drug-likeness (QED) is 0.125. The Bertz CT molecular complexity index is 4160. The number of benzene rings is 11. The SMILES string of the molecule is C=Cc1c(C=C)c(-c2cccc(C)c2)c2ccccc2c1-c1ccc(-c2c(=C/C)/c(=C\C)c(-c3cccc(N(c4ccccc4)c4ccc(S(C)(C)C)cc4)c3)c3ccccc23)cc1.CC.Cc1ccc(S(C)(C)C)cc1.Cc1ccccc1. The zero-order valence-corrected chi connectivity index (χ0v) is 53.6. The highest BCUT2D eigenvalue weighted by Crippen LogP contribution is 2.48. The molecule has 1 nitrogen and oxygen atoms in total. The number of hydrogen-bond acceptors (Lipinski definition) is 1. The number of hydrogen-bond donors (Lipinski definition) is 0.